The second-order valence-electron chi connectivity index (χ2n) is 7.72. The van der Waals surface area contributed by atoms with Crippen LogP contribution >= 0.6 is 0 Å². The molecular weight excluding hydrogens is 418 g/mol. The minimum Gasteiger partial charge on any atom is -0.497 e. The molecule has 0 fully saturated rings. The lowest BCUT2D eigenvalue weighted by atomic mass is 10.0. The fourth-order valence-corrected chi connectivity index (χ4v) is 3.61. The van der Waals surface area contributed by atoms with Crippen LogP contribution < -0.4 is 9.47 Å². The number of hydrogen-bond acceptors (Lipinski definition) is 5. The lowest BCUT2D eigenvalue weighted by Crippen LogP contribution is -2.09. The molecule has 1 heterocycles. The molecule has 0 aliphatic heterocycles. The average Bonchev–Trinajstić information content (AvgIpc) is 3.26. The van der Waals surface area contributed by atoms with Gasteiger partial charge in [-0.2, -0.15) is 0 Å². The van der Waals surface area contributed by atoms with E-state index in [1.165, 1.54) is 0 Å². The molecule has 33 heavy (non-hydrogen) atoms. The molecule has 0 spiro atoms. The minimum absolute atomic E-state index is 0.368. The summed E-state index contributed by atoms with van der Waals surface area (Å²) in [5, 5.41) is 8.81. The minimum atomic E-state index is -1.01. The molecule has 0 radical (unpaired) electrons. The lowest BCUT2D eigenvalue weighted by Gasteiger charge is -2.05. The maximum atomic E-state index is 10.7. The van der Waals surface area contributed by atoms with Crippen LogP contribution in [0.3, 0.4) is 0 Å². The summed E-state index contributed by atoms with van der Waals surface area (Å²) in [7, 11) is 1.64. The van der Waals surface area contributed by atoms with E-state index in [1.54, 1.807) is 13.2 Å². The van der Waals surface area contributed by atoms with Crippen LogP contribution in [-0.2, 0) is 17.6 Å². The Bertz CT molecular complexity index is 1260. The Balaban J connectivity index is 1.62. The smallest absolute Gasteiger partial charge is 0.341 e. The number of aromatic nitrogens is 1. The molecule has 168 valence electrons. The number of carbonyl (C=O) groups is 1. The Hall–Kier alpha value is -4.06. The quantitative estimate of drug-likeness (QED) is 0.364. The number of hydrogen-bond donors (Lipinski definition) is 1. The first-order chi connectivity index (χ1) is 16.0. The summed E-state index contributed by atoms with van der Waals surface area (Å²) < 4.78 is 16.9. The molecule has 0 unspecified atom stereocenters. The van der Waals surface area contributed by atoms with Crippen molar-refractivity contribution in [1.82, 2.24) is 4.98 Å². The summed E-state index contributed by atoms with van der Waals surface area (Å²) in [6.07, 6.45) is 1.26. The summed E-state index contributed by atoms with van der Waals surface area (Å²) in [5.41, 5.74) is 4.84. The van der Waals surface area contributed by atoms with E-state index < -0.39 is 5.97 Å². The maximum Gasteiger partial charge on any atom is 0.341 e. The number of aryl methyl sites for hydroxylation is 3. The van der Waals surface area contributed by atoms with E-state index in [9.17, 15) is 4.79 Å². The molecule has 0 aliphatic rings. The molecule has 4 aromatic rings. The Morgan fingerprint density at radius 3 is 2.48 bits per heavy atom. The molecule has 0 bridgehead atoms. The highest BCUT2D eigenvalue weighted by molar-refractivity contribution is 5.77. The second kappa shape index (κ2) is 10.0. The molecule has 1 aromatic heterocycles. The van der Waals surface area contributed by atoms with Crippen molar-refractivity contribution < 1.29 is 23.8 Å². The molecule has 0 atom stereocenters. The summed E-state index contributed by atoms with van der Waals surface area (Å²) in [5.74, 6) is 1.60. The van der Waals surface area contributed by atoms with Gasteiger partial charge in [-0.25, -0.2) is 9.78 Å². The van der Waals surface area contributed by atoms with Gasteiger partial charge in [0.2, 0.25) is 0 Å². The van der Waals surface area contributed by atoms with Crippen molar-refractivity contribution in [2.45, 2.75) is 19.8 Å². The van der Waals surface area contributed by atoms with Crippen LogP contribution in [0.5, 0.6) is 11.5 Å². The number of methoxy groups -OCH3 is 1. The largest absolute Gasteiger partial charge is 0.497 e. The van der Waals surface area contributed by atoms with Crippen molar-refractivity contribution in [2.75, 3.05) is 13.7 Å². The van der Waals surface area contributed by atoms with E-state index in [1.807, 2.05) is 54.6 Å². The molecule has 0 aliphatic carbocycles. The number of nitrogens with zero attached hydrogens (tertiary/aromatic N) is 1. The van der Waals surface area contributed by atoms with E-state index in [0.29, 0.717) is 30.2 Å². The molecule has 6 nitrogen and oxygen atoms in total. The van der Waals surface area contributed by atoms with Crippen LogP contribution in [0.15, 0.2) is 77.2 Å². The molecular formula is C27H25NO5. The fourth-order valence-electron chi connectivity index (χ4n) is 3.61. The molecule has 3 aromatic carbocycles. The van der Waals surface area contributed by atoms with Crippen molar-refractivity contribution in [3.63, 3.8) is 0 Å². The van der Waals surface area contributed by atoms with E-state index in [4.69, 9.17) is 24.0 Å². The number of carboxylic acid groups (broad SMARTS) is 1. The third-order valence-electron chi connectivity index (χ3n) is 5.18. The number of oxazole rings is 1. The van der Waals surface area contributed by atoms with E-state index in [2.05, 4.69) is 19.1 Å². The summed E-state index contributed by atoms with van der Waals surface area (Å²) in [6.45, 7) is 1.68. The number of ether oxygens (including phenoxy) is 2. The third-order valence-corrected chi connectivity index (χ3v) is 5.18. The van der Waals surface area contributed by atoms with Gasteiger partial charge in [0.15, 0.2) is 18.3 Å². The average molecular weight is 443 g/mol. The van der Waals surface area contributed by atoms with Gasteiger partial charge in [-0.1, -0.05) is 48.0 Å². The van der Waals surface area contributed by atoms with Crippen molar-refractivity contribution in [1.29, 1.82) is 0 Å². The normalized spacial score (nSPS) is 10.7. The molecule has 0 saturated heterocycles. The lowest BCUT2D eigenvalue weighted by molar-refractivity contribution is -0.139. The first-order valence-electron chi connectivity index (χ1n) is 10.7. The molecule has 0 amide bonds. The second-order valence-corrected chi connectivity index (χ2v) is 7.72. The number of rotatable bonds is 9. The summed E-state index contributed by atoms with van der Waals surface area (Å²) in [4.78, 5) is 15.6. The van der Waals surface area contributed by atoms with Gasteiger partial charge in [0, 0.05) is 17.5 Å². The predicted molar refractivity (Wildman–Crippen MR) is 126 cm³/mol. The van der Waals surface area contributed by atoms with Crippen LogP contribution in [0.2, 0.25) is 0 Å². The summed E-state index contributed by atoms with van der Waals surface area (Å²) >= 11 is 0. The van der Waals surface area contributed by atoms with Gasteiger partial charge in [0.25, 0.3) is 0 Å². The van der Waals surface area contributed by atoms with Crippen molar-refractivity contribution in [2.24, 2.45) is 0 Å². The molecule has 0 saturated carbocycles. The molecule has 4 rings (SSSR count). The zero-order valence-corrected chi connectivity index (χ0v) is 18.6. The number of aliphatic carboxylic acids is 1. The Morgan fingerprint density at radius 1 is 0.939 bits per heavy atom. The predicted octanol–water partition coefficient (Wildman–Crippen LogP) is 5.57. The maximum absolute atomic E-state index is 10.7. The summed E-state index contributed by atoms with van der Waals surface area (Å²) in [6, 6.07) is 23.3. The van der Waals surface area contributed by atoms with Crippen LogP contribution in [0, 0.1) is 6.92 Å². The third kappa shape index (κ3) is 5.60. The van der Waals surface area contributed by atoms with Crippen LogP contribution in [0.4, 0.5) is 0 Å². The SMILES string of the molecule is COc1cccc(-c2oc(CCc3cccc(OCC(=O)O)c3)nc2-c2cccc(C)c2)c1. The van der Waals surface area contributed by atoms with Crippen molar-refractivity contribution >= 4 is 5.97 Å². The van der Waals surface area contributed by atoms with Crippen molar-refractivity contribution in [3.05, 3.63) is 89.8 Å². The Morgan fingerprint density at radius 2 is 1.70 bits per heavy atom. The van der Waals surface area contributed by atoms with E-state index in [-0.39, 0.29) is 6.61 Å². The van der Waals surface area contributed by atoms with Gasteiger partial charge in [-0.3, -0.25) is 0 Å². The van der Waals surface area contributed by atoms with Gasteiger partial charge in [-0.05, 0) is 49.2 Å². The van der Waals surface area contributed by atoms with Gasteiger partial charge < -0.3 is 19.0 Å². The van der Waals surface area contributed by atoms with E-state index >= 15 is 0 Å². The zero-order valence-electron chi connectivity index (χ0n) is 18.6. The van der Waals surface area contributed by atoms with Gasteiger partial charge in [0.1, 0.15) is 17.2 Å². The van der Waals surface area contributed by atoms with Gasteiger partial charge >= 0.3 is 5.97 Å². The van der Waals surface area contributed by atoms with Crippen LogP contribution in [0.1, 0.15) is 17.0 Å². The highest BCUT2D eigenvalue weighted by atomic mass is 16.5. The standard InChI is InChI=1S/C27H25NO5/c1-18-6-3-8-20(14-18)26-27(21-9-5-10-22(16-21)31-2)33-24(28-26)13-12-19-7-4-11-23(15-19)32-17-25(29)30/h3-11,14-16H,12-13,17H2,1-2H3,(H,29,30). The number of benzene rings is 3. The molecule has 6 heteroatoms. The first-order valence-corrected chi connectivity index (χ1v) is 10.7. The van der Waals surface area contributed by atoms with Gasteiger partial charge in [0.05, 0.1) is 7.11 Å². The van der Waals surface area contributed by atoms with Crippen LogP contribution in [-0.4, -0.2) is 29.8 Å². The van der Waals surface area contributed by atoms with Gasteiger partial charge in [-0.15, -0.1) is 0 Å². The Labute approximate surface area is 192 Å². The zero-order chi connectivity index (χ0) is 23.2. The number of carboxylic acids is 1. The fraction of sp³-hybridized carbons (Fsp3) is 0.185. The monoisotopic (exact) mass is 443 g/mol. The highest BCUT2D eigenvalue weighted by Crippen LogP contribution is 2.35. The van der Waals surface area contributed by atoms with E-state index in [0.717, 1.165) is 33.7 Å². The highest BCUT2D eigenvalue weighted by Gasteiger charge is 2.18. The first kappa shape index (κ1) is 22.1. The van der Waals surface area contributed by atoms with Crippen molar-refractivity contribution in [3.8, 4) is 34.1 Å². The molecule has 1 N–H and O–H groups in total. The topological polar surface area (TPSA) is 81.8 Å². The Kier molecular flexibility index (Phi) is 6.74. The van der Waals surface area contributed by atoms with Crippen LogP contribution in [0.25, 0.3) is 22.6 Å².